The van der Waals surface area contributed by atoms with E-state index < -0.39 is 126 Å². The third-order valence-corrected chi connectivity index (χ3v) is 23.4. The van der Waals surface area contributed by atoms with Crippen molar-refractivity contribution < 1.29 is 67.7 Å². The summed E-state index contributed by atoms with van der Waals surface area (Å²) < 4.78 is 0. The summed E-state index contributed by atoms with van der Waals surface area (Å²) in [7, 11) is 0. The minimum Gasteiger partial charge on any atom is -0.508 e. The van der Waals surface area contributed by atoms with E-state index >= 15 is 33.6 Å². The molecule has 41 heteroatoms. The van der Waals surface area contributed by atoms with Crippen molar-refractivity contribution in [3.05, 3.63) is 156 Å². The van der Waals surface area contributed by atoms with E-state index in [1.807, 2.05) is 72.8 Å². The molecule has 32 N–H and O–H groups in total. The highest BCUT2D eigenvalue weighted by Gasteiger charge is 2.44. The summed E-state index contributed by atoms with van der Waals surface area (Å²) in [6, 6.07) is 26.9. The quantitative estimate of drug-likeness (QED) is 0.0109. The smallest absolute Gasteiger partial charge is 0.246 e. The molecule has 135 heavy (non-hydrogen) atoms. The number of carbonyl (C=O) groups excluding carboxylic acids is 12. The van der Waals surface area contributed by atoms with Gasteiger partial charge in [-0.3, -0.25) is 89.5 Å². The summed E-state index contributed by atoms with van der Waals surface area (Å²) in [4.78, 5) is 181. The van der Waals surface area contributed by atoms with Gasteiger partial charge in [-0.25, -0.2) is 0 Å². The number of carbonyl (C=O) groups is 12. The van der Waals surface area contributed by atoms with Crippen LogP contribution in [0.3, 0.4) is 0 Å². The van der Waals surface area contributed by atoms with Crippen molar-refractivity contribution in [1.29, 1.82) is 27.0 Å². The van der Waals surface area contributed by atoms with Crippen molar-refractivity contribution >= 4 is 123 Å². The van der Waals surface area contributed by atoms with E-state index in [1.54, 1.807) is 36.4 Å². The normalized spacial score (nSPS) is 19.5. The highest BCUT2D eigenvalue weighted by Crippen LogP contribution is 2.26. The molecule has 9 unspecified atom stereocenters. The molecule has 0 aromatic heterocycles. The molecule has 6 aromatic carbocycles. The van der Waals surface area contributed by atoms with Gasteiger partial charge in [-0.1, -0.05) is 135 Å². The van der Waals surface area contributed by atoms with Crippen LogP contribution in [0, 0.1) is 27.0 Å². The number of aldehydes is 1. The molecular formula is C94H135N27O14. The number of benzene rings is 6. The van der Waals surface area contributed by atoms with Crippen LogP contribution in [-0.4, -0.2) is 241 Å². The second kappa shape index (κ2) is 55.8. The van der Waals surface area contributed by atoms with E-state index in [1.165, 1.54) is 34.1 Å². The molecule has 0 aliphatic carbocycles. The Morgan fingerprint density at radius 2 is 0.704 bits per heavy atom. The number of phenolic OH excluding ortho intramolecular Hbond substituents is 2. The van der Waals surface area contributed by atoms with E-state index in [0.29, 0.717) is 93.0 Å². The topological polar surface area (TPSA) is 682 Å². The molecule has 8 rings (SSSR count). The first-order chi connectivity index (χ1) is 64.8. The highest BCUT2D eigenvalue weighted by atomic mass is 16.3. The van der Waals surface area contributed by atoms with Crippen LogP contribution in [0.5, 0.6) is 11.5 Å². The molecule has 0 saturated carbocycles. The summed E-state index contributed by atoms with van der Waals surface area (Å²) >= 11 is 0. The predicted molar refractivity (Wildman–Crippen MR) is 514 cm³/mol. The van der Waals surface area contributed by atoms with Gasteiger partial charge in [0.1, 0.15) is 59.8 Å². The number of guanidine groups is 5. The summed E-state index contributed by atoms with van der Waals surface area (Å²) in [6.07, 6.45) is 4.79. The van der Waals surface area contributed by atoms with Gasteiger partial charge < -0.3 is 124 Å². The molecule has 2 fully saturated rings. The lowest BCUT2D eigenvalue weighted by Crippen LogP contribution is -2.68. The Kier molecular flexibility index (Phi) is 43.8. The fourth-order valence-corrected chi connectivity index (χ4v) is 16.3. The Bertz CT molecular complexity index is 5030. The van der Waals surface area contributed by atoms with Gasteiger partial charge >= 0.3 is 0 Å². The molecule has 0 bridgehead atoms. The van der Waals surface area contributed by atoms with Crippen LogP contribution < -0.4 is 108 Å². The van der Waals surface area contributed by atoms with Crippen molar-refractivity contribution in [3.8, 4) is 11.5 Å². The monoisotopic (exact) mass is 1870 g/mol. The maximum atomic E-state index is 15.8. The number of unbranched alkanes of at least 4 members (excludes halogenated alkanes) is 7. The lowest BCUT2D eigenvalue weighted by atomic mass is 9.96. The zero-order valence-corrected chi connectivity index (χ0v) is 76.4. The lowest BCUT2D eigenvalue weighted by molar-refractivity contribution is -0.144. The number of nitrogens with zero attached hydrogens (tertiary/aromatic N) is 2. The number of aromatic hydroxyl groups is 2. The second-order valence-electron chi connectivity index (χ2n) is 34.1. The molecule has 2 heterocycles. The van der Waals surface area contributed by atoms with Crippen LogP contribution in [-0.2, 0) is 83.2 Å². The van der Waals surface area contributed by atoms with Gasteiger partial charge in [-0.05, 0) is 171 Å². The van der Waals surface area contributed by atoms with E-state index in [2.05, 4.69) is 79.8 Å². The molecule has 2 saturated heterocycles. The first-order valence-corrected chi connectivity index (χ1v) is 46.2. The molecule has 9 atom stereocenters. The SMILES string of the molecule is N=C(N)NCCCCCCN1C(=O)C(Cc2ccc(O)cc2)NC(=O)C(CCCNC(=O)CCCCC(=O)NCCCC2NC(=O)C(Cc3ccc4ccccc4c3)NC(=O)C(CCCNC(=N)N)NC(=O)CN(CCCCCCNC(=N)N)C(C=O)(Cc3ccc(O)cc3)NC2=O)NC(=O)C(Cc2ccc3ccccc3c2)NC(=O)C(CCCNC(=N)N)NC(=O)C1CCCNC(=N)N. The Hall–Kier alpha value is -14.4. The van der Waals surface area contributed by atoms with E-state index in [4.69, 9.17) is 55.7 Å². The van der Waals surface area contributed by atoms with Gasteiger partial charge in [0.2, 0.25) is 65.0 Å². The fraction of sp³-hybridized carbons (Fsp3) is 0.479. The molecule has 2 aliphatic rings. The third kappa shape index (κ3) is 37.3. The number of rotatable bonds is 48. The van der Waals surface area contributed by atoms with Gasteiger partial charge in [-0.2, -0.15) is 0 Å². The number of phenols is 2. The molecule has 2 aliphatic heterocycles. The van der Waals surface area contributed by atoms with Crippen LogP contribution in [0.4, 0.5) is 0 Å². The minimum atomic E-state index is -2.03. The van der Waals surface area contributed by atoms with Crippen molar-refractivity contribution in [3.63, 3.8) is 0 Å². The summed E-state index contributed by atoms with van der Waals surface area (Å²) in [5.41, 5.74) is 28.2. The summed E-state index contributed by atoms with van der Waals surface area (Å²) in [5, 5.41) is 105. The van der Waals surface area contributed by atoms with Crippen molar-refractivity contribution in [2.24, 2.45) is 28.7 Å². The maximum Gasteiger partial charge on any atom is 0.246 e. The Morgan fingerprint density at radius 1 is 0.363 bits per heavy atom. The van der Waals surface area contributed by atoms with Crippen LogP contribution in [0.2, 0.25) is 0 Å². The summed E-state index contributed by atoms with van der Waals surface area (Å²) in [6.45, 7) is 0.554. The molecule has 0 spiro atoms. The average Bonchev–Trinajstić information content (AvgIpc) is 0.881. The van der Waals surface area contributed by atoms with Crippen LogP contribution in [0.15, 0.2) is 133 Å². The van der Waals surface area contributed by atoms with Crippen molar-refractivity contribution in [2.45, 2.75) is 221 Å². The average molecular weight is 1870 g/mol. The van der Waals surface area contributed by atoms with Crippen molar-refractivity contribution in [2.75, 3.05) is 65.4 Å². The number of amides is 11. The number of fused-ring (bicyclic) bond motifs is 2. The third-order valence-electron chi connectivity index (χ3n) is 23.4. The largest absolute Gasteiger partial charge is 0.508 e. The van der Waals surface area contributed by atoms with Crippen LogP contribution in [0.25, 0.3) is 21.5 Å². The molecule has 0 radical (unpaired) electrons. The number of hydrogen-bond acceptors (Lipinski definition) is 20. The van der Waals surface area contributed by atoms with Gasteiger partial charge in [0.15, 0.2) is 41.7 Å². The zero-order valence-electron chi connectivity index (χ0n) is 76.4. The van der Waals surface area contributed by atoms with E-state index in [9.17, 15) is 34.2 Å². The number of hydrogen-bond donors (Lipinski definition) is 27. The molecule has 11 amide bonds. The first kappa shape index (κ1) is 106. The molecular weight excluding hydrogens is 1730 g/mol. The van der Waals surface area contributed by atoms with Gasteiger partial charge in [0, 0.05) is 97.4 Å². The fourth-order valence-electron chi connectivity index (χ4n) is 16.3. The van der Waals surface area contributed by atoms with Crippen molar-refractivity contribution in [1.82, 2.24) is 89.6 Å². The highest BCUT2D eigenvalue weighted by molar-refractivity contribution is 6.00. The van der Waals surface area contributed by atoms with Crippen LogP contribution >= 0.6 is 0 Å². The Balaban J connectivity index is 1.00. The predicted octanol–water partition coefficient (Wildman–Crippen LogP) is 0.836. The van der Waals surface area contributed by atoms with E-state index in [-0.39, 0.29) is 203 Å². The molecule has 41 nitrogen and oxygen atoms in total. The minimum absolute atomic E-state index is 0.00138. The standard InChI is InChI=1S/C94H135N27O14/c95-89(96)107-43-11-1-3-13-50-120-58-80(127)112-70(24-17-47-109-91(99)100)81(128)116-75(56-63-32-38-65-21-6-8-23-67(65)53-63)85(132)114-73(86(133)119-94(120,59-122)57-61-35-41-69(124)42-36-61)27-16-46-106-79(126)30-10-9-29-78(125)105-45-15-25-71-83(130)118-76(54-60-33-39-68(123)40-34-60)88(135)121(51-14-4-2-12-44-108-90(97)98)77(28-19-49-111-93(103)104)87(134)115-72(26-18-48-110-92(101)102)82(129)117-74(84(131)113-71)55-62-31-37-64-20-5-7-22-66(64)52-62/h5-8,20-23,31-42,52-53,59,70-77,123-124H,1-4,9-19,24-30,43-51,54-58H2,(H,105,125)(H,106,126)(H,112,127)(H,113,131)(H,114,132)(H,115,134)(H,116,128)(H,117,129)(H,118,130)(H,119,133)(H4,95,96,107)(H4,97,98,108)(H4,99,100,109)(H4,101,102,110)(H4,103,104,111). The summed E-state index contributed by atoms with van der Waals surface area (Å²) in [5.74, 6) is -9.38. The first-order valence-electron chi connectivity index (χ1n) is 46.2. The Labute approximate surface area is 785 Å². The second-order valence-corrected chi connectivity index (χ2v) is 34.1. The Morgan fingerprint density at radius 3 is 1.14 bits per heavy atom. The maximum absolute atomic E-state index is 15.8. The molecule has 730 valence electrons. The lowest BCUT2D eigenvalue weighted by Gasteiger charge is -2.41. The van der Waals surface area contributed by atoms with Gasteiger partial charge in [0.05, 0.1) is 6.54 Å². The van der Waals surface area contributed by atoms with Gasteiger partial charge in [-0.15, -0.1) is 0 Å². The zero-order chi connectivity index (χ0) is 97.6. The van der Waals surface area contributed by atoms with Crippen LogP contribution in [0.1, 0.15) is 164 Å². The van der Waals surface area contributed by atoms with Gasteiger partial charge in [0.25, 0.3) is 0 Å². The van der Waals surface area contributed by atoms with E-state index in [0.717, 1.165) is 21.5 Å². The number of nitrogens with one attached hydrogen (secondary N) is 20. The number of nitrogens with two attached hydrogens (primary N) is 5. The molecule has 6 aromatic rings.